The highest BCUT2D eigenvalue weighted by Gasteiger charge is 2.06. The van der Waals surface area contributed by atoms with Gasteiger partial charge in [0.2, 0.25) is 0 Å². The molecule has 0 aliphatic carbocycles. The van der Waals surface area contributed by atoms with Crippen molar-refractivity contribution in [2.75, 3.05) is 0 Å². The van der Waals surface area contributed by atoms with Crippen LogP contribution in [0.4, 0.5) is 0 Å². The standard InChI is InChI=1S/C9H6Br3N3.C9H6Br2ClN3/c2*10-7-3-1-6(2-4-7)5-15-13-8(11)9(12)14-15/h2*1-4H,5H2. The quantitative estimate of drug-likeness (QED) is 0.223. The number of halogens is 6. The molecule has 6 nitrogen and oxygen atoms in total. The van der Waals surface area contributed by atoms with Crippen LogP contribution >= 0.6 is 91.3 Å². The van der Waals surface area contributed by atoms with Gasteiger partial charge in [-0.1, -0.05) is 67.7 Å². The largest absolute Gasteiger partial charge is 0.185 e. The first-order valence-corrected chi connectivity index (χ1v) is 12.7. The minimum atomic E-state index is 0.382. The van der Waals surface area contributed by atoms with Crippen LogP contribution < -0.4 is 0 Å². The van der Waals surface area contributed by atoms with Crippen molar-refractivity contribution < 1.29 is 0 Å². The molecular formula is C18H12Br5ClN6. The molecule has 0 fully saturated rings. The van der Waals surface area contributed by atoms with Crippen molar-refractivity contribution >= 4 is 91.3 Å². The molecule has 30 heavy (non-hydrogen) atoms. The molecule has 12 heteroatoms. The third kappa shape index (κ3) is 7.23. The van der Waals surface area contributed by atoms with E-state index in [4.69, 9.17) is 11.6 Å². The second-order valence-electron chi connectivity index (χ2n) is 5.88. The van der Waals surface area contributed by atoms with Crippen molar-refractivity contribution in [2.45, 2.75) is 13.1 Å². The maximum Gasteiger partial charge on any atom is 0.185 e. The Morgan fingerprint density at radius 3 is 1.30 bits per heavy atom. The topological polar surface area (TPSA) is 61.4 Å². The number of hydrogen-bond donors (Lipinski definition) is 0. The lowest BCUT2D eigenvalue weighted by Gasteiger charge is -1.99. The molecular weight excluding hydrogens is 735 g/mol. The SMILES string of the molecule is Brc1ccc(Cn2nc(Br)c(Br)n2)cc1.Clc1nn(Cc2ccc(Br)cc2)nc1Br. The molecule has 4 aromatic rings. The molecule has 0 bridgehead atoms. The second-order valence-corrected chi connectivity index (χ2v) is 10.3. The molecule has 156 valence electrons. The van der Waals surface area contributed by atoms with Crippen molar-refractivity contribution in [3.8, 4) is 0 Å². The first-order valence-electron chi connectivity index (χ1n) is 8.31. The molecule has 0 aliphatic rings. The monoisotopic (exact) mass is 742 g/mol. The maximum absolute atomic E-state index is 5.77. The smallest absolute Gasteiger partial charge is 0.178 e. The maximum atomic E-state index is 5.77. The zero-order valence-electron chi connectivity index (χ0n) is 15.0. The summed E-state index contributed by atoms with van der Waals surface area (Å²) in [6, 6.07) is 16.1. The van der Waals surface area contributed by atoms with Crippen LogP contribution in [0.25, 0.3) is 0 Å². The Morgan fingerprint density at radius 1 is 0.567 bits per heavy atom. The van der Waals surface area contributed by atoms with Gasteiger partial charge in [0.15, 0.2) is 19.0 Å². The lowest BCUT2D eigenvalue weighted by atomic mass is 10.2. The van der Waals surface area contributed by atoms with Crippen molar-refractivity contribution in [3.05, 3.63) is 87.6 Å². The first-order chi connectivity index (χ1) is 14.3. The van der Waals surface area contributed by atoms with E-state index < -0.39 is 0 Å². The van der Waals surface area contributed by atoms with Gasteiger partial charge >= 0.3 is 0 Å². The summed E-state index contributed by atoms with van der Waals surface area (Å²) in [6.45, 7) is 1.27. The Hall–Kier alpha value is -0.590. The van der Waals surface area contributed by atoms with Gasteiger partial charge in [0, 0.05) is 8.95 Å². The van der Waals surface area contributed by atoms with Crippen LogP contribution in [-0.4, -0.2) is 30.0 Å². The van der Waals surface area contributed by atoms with Crippen LogP contribution in [0.3, 0.4) is 0 Å². The Balaban J connectivity index is 0.000000171. The molecule has 0 saturated heterocycles. The van der Waals surface area contributed by atoms with E-state index >= 15 is 0 Å². The average Bonchev–Trinajstić information content (AvgIpc) is 3.19. The van der Waals surface area contributed by atoms with Gasteiger partial charge in [-0.25, -0.2) is 0 Å². The van der Waals surface area contributed by atoms with E-state index in [1.54, 1.807) is 9.59 Å². The van der Waals surface area contributed by atoms with Crippen LogP contribution in [0.15, 0.2) is 71.3 Å². The van der Waals surface area contributed by atoms with Crippen LogP contribution in [0.2, 0.25) is 5.15 Å². The Labute approximate surface area is 220 Å². The number of benzene rings is 2. The average molecular weight is 747 g/mol. The summed E-state index contributed by atoms with van der Waals surface area (Å²) in [7, 11) is 0. The van der Waals surface area contributed by atoms with E-state index in [9.17, 15) is 0 Å². The molecule has 2 aromatic carbocycles. The Kier molecular flexibility index (Phi) is 9.08. The van der Waals surface area contributed by atoms with Crippen molar-refractivity contribution in [1.82, 2.24) is 30.0 Å². The van der Waals surface area contributed by atoms with Gasteiger partial charge in [0.1, 0.15) is 0 Å². The molecule has 2 heterocycles. The molecule has 0 saturated carbocycles. The minimum Gasteiger partial charge on any atom is -0.178 e. The molecule has 2 aromatic heterocycles. The minimum absolute atomic E-state index is 0.382. The molecule has 0 amide bonds. The van der Waals surface area contributed by atoms with E-state index in [0.717, 1.165) is 29.3 Å². The van der Waals surface area contributed by atoms with Crippen LogP contribution in [-0.2, 0) is 13.1 Å². The zero-order valence-corrected chi connectivity index (χ0v) is 23.7. The summed E-state index contributed by atoms with van der Waals surface area (Å²) < 4.78 is 4.14. The third-order valence-corrected chi connectivity index (χ3v) is 7.30. The Bertz CT molecular complexity index is 983. The summed E-state index contributed by atoms with van der Waals surface area (Å²) >= 11 is 22.3. The fraction of sp³-hybridized carbons (Fsp3) is 0.111. The van der Waals surface area contributed by atoms with Crippen molar-refractivity contribution in [2.24, 2.45) is 0 Å². The molecule has 0 radical (unpaired) electrons. The first kappa shape index (κ1) is 24.1. The van der Waals surface area contributed by atoms with Gasteiger partial charge in [-0.05, 0) is 83.2 Å². The van der Waals surface area contributed by atoms with E-state index in [2.05, 4.69) is 100 Å². The number of hydrogen-bond acceptors (Lipinski definition) is 4. The molecule has 0 N–H and O–H groups in total. The normalized spacial score (nSPS) is 10.6. The molecule has 0 unspecified atom stereocenters. The summed E-state index contributed by atoms with van der Waals surface area (Å²) in [5.41, 5.74) is 2.28. The van der Waals surface area contributed by atoms with Crippen molar-refractivity contribution in [3.63, 3.8) is 0 Å². The summed E-state index contributed by atoms with van der Waals surface area (Å²) in [5.74, 6) is 0. The van der Waals surface area contributed by atoms with Gasteiger partial charge in [0.05, 0.1) is 13.1 Å². The highest BCUT2D eigenvalue weighted by molar-refractivity contribution is 9.13. The number of nitrogens with zero attached hydrogens (tertiary/aromatic N) is 6. The Morgan fingerprint density at radius 2 is 0.933 bits per heavy atom. The fourth-order valence-electron chi connectivity index (χ4n) is 2.26. The molecule has 0 spiro atoms. The molecule has 0 atom stereocenters. The highest BCUT2D eigenvalue weighted by atomic mass is 79.9. The van der Waals surface area contributed by atoms with Crippen LogP contribution in [0.5, 0.6) is 0 Å². The van der Waals surface area contributed by atoms with Gasteiger partial charge in [0.25, 0.3) is 0 Å². The predicted molar refractivity (Wildman–Crippen MR) is 135 cm³/mol. The lowest BCUT2D eigenvalue weighted by molar-refractivity contribution is 0.586. The second kappa shape index (κ2) is 11.3. The van der Waals surface area contributed by atoms with Crippen molar-refractivity contribution in [1.29, 1.82) is 0 Å². The lowest BCUT2D eigenvalue weighted by Crippen LogP contribution is -2.03. The van der Waals surface area contributed by atoms with Crippen LogP contribution in [0, 0.1) is 0 Å². The number of rotatable bonds is 4. The third-order valence-electron chi connectivity index (χ3n) is 3.63. The summed E-state index contributed by atoms with van der Waals surface area (Å²) in [4.78, 5) is 3.19. The zero-order chi connectivity index (χ0) is 21.7. The summed E-state index contributed by atoms with van der Waals surface area (Å²) in [5, 5.41) is 16.9. The van der Waals surface area contributed by atoms with Crippen LogP contribution in [0.1, 0.15) is 11.1 Å². The van der Waals surface area contributed by atoms with E-state index in [0.29, 0.717) is 22.8 Å². The van der Waals surface area contributed by atoms with Gasteiger partial charge < -0.3 is 0 Å². The van der Waals surface area contributed by atoms with Gasteiger partial charge in [-0.2, -0.15) is 9.59 Å². The molecule has 4 rings (SSSR count). The fourth-order valence-corrected chi connectivity index (χ4v) is 3.70. The van der Waals surface area contributed by atoms with Gasteiger partial charge in [-0.15, -0.1) is 20.4 Å². The summed E-state index contributed by atoms with van der Waals surface area (Å²) in [6.07, 6.45) is 0. The highest BCUT2D eigenvalue weighted by Crippen LogP contribution is 2.19. The van der Waals surface area contributed by atoms with Gasteiger partial charge in [-0.3, -0.25) is 0 Å². The van der Waals surface area contributed by atoms with E-state index in [-0.39, 0.29) is 0 Å². The van der Waals surface area contributed by atoms with E-state index in [1.165, 1.54) is 0 Å². The van der Waals surface area contributed by atoms with E-state index in [1.807, 2.05) is 48.5 Å². The predicted octanol–water partition coefficient (Wildman–Crippen LogP) is 7.12. The number of aromatic nitrogens is 6. The molecule has 0 aliphatic heterocycles.